The Hall–Kier alpha value is -1.87. The van der Waals surface area contributed by atoms with Gasteiger partial charge in [0.25, 0.3) is 0 Å². The maximum atomic E-state index is 11.4. The van der Waals surface area contributed by atoms with Gasteiger partial charge in [-0.3, -0.25) is 0 Å². The minimum Gasteiger partial charge on any atom is -0.423 e. The van der Waals surface area contributed by atoms with Crippen molar-refractivity contribution >= 4 is 17.3 Å². The number of carbonyl (C=O) groups excluding carboxylic acids is 1. The standard InChI is InChI=1S/C19H22O2S/c1-3-5-6-8-17-13-14-18(22-17)15-9-11-16(12-10-15)21-19(20)7-4-2/h4,7,9-14H,3,5-6,8H2,1-2H3. The lowest BCUT2D eigenvalue weighted by atomic mass is 10.1. The number of rotatable bonds is 7. The molecule has 0 unspecified atom stereocenters. The zero-order chi connectivity index (χ0) is 15.8. The van der Waals surface area contributed by atoms with Gasteiger partial charge < -0.3 is 4.74 Å². The van der Waals surface area contributed by atoms with Crippen molar-refractivity contribution in [2.24, 2.45) is 0 Å². The van der Waals surface area contributed by atoms with E-state index in [-0.39, 0.29) is 5.97 Å². The smallest absolute Gasteiger partial charge is 0.335 e. The van der Waals surface area contributed by atoms with Gasteiger partial charge in [0.1, 0.15) is 5.75 Å². The number of ether oxygens (including phenoxy) is 1. The second-order valence-corrected chi connectivity index (χ2v) is 6.34. The van der Waals surface area contributed by atoms with Gasteiger partial charge in [-0.2, -0.15) is 0 Å². The number of aryl methyl sites for hydroxylation is 1. The fourth-order valence-electron chi connectivity index (χ4n) is 2.19. The van der Waals surface area contributed by atoms with Crippen molar-refractivity contribution in [2.45, 2.75) is 39.5 Å². The molecule has 2 nitrogen and oxygen atoms in total. The summed E-state index contributed by atoms with van der Waals surface area (Å²) in [6.07, 6.45) is 8.05. The van der Waals surface area contributed by atoms with Crippen molar-refractivity contribution in [3.63, 3.8) is 0 Å². The van der Waals surface area contributed by atoms with Crippen LogP contribution >= 0.6 is 11.3 Å². The van der Waals surface area contributed by atoms with Crippen molar-refractivity contribution in [1.29, 1.82) is 0 Å². The van der Waals surface area contributed by atoms with Crippen LogP contribution in [0.15, 0.2) is 48.6 Å². The molecule has 0 atom stereocenters. The first-order valence-electron chi connectivity index (χ1n) is 7.76. The van der Waals surface area contributed by atoms with Gasteiger partial charge in [0.05, 0.1) is 0 Å². The molecule has 0 radical (unpaired) electrons. The Balaban J connectivity index is 1.99. The maximum Gasteiger partial charge on any atom is 0.335 e. The summed E-state index contributed by atoms with van der Waals surface area (Å²) < 4.78 is 5.19. The first-order chi connectivity index (χ1) is 10.7. The molecule has 0 spiro atoms. The van der Waals surface area contributed by atoms with Crippen molar-refractivity contribution in [3.05, 3.63) is 53.4 Å². The van der Waals surface area contributed by atoms with E-state index in [2.05, 4.69) is 19.1 Å². The van der Waals surface area contributed by atoms with Gasteiger partial charge in [0.2, 0.25) is 0 Å². The number of thiophene rings is 1. The molecule has 1 aromatic heterocycles. The average Bonchev–Trinajstić information content (AvgIpc) is 2.97. The van der Waals surface area contributed by atoms with E-state index in [4.69, 9.17) is 4.74 Å². The summed E-state index contributed by atoms with van der Waals surface area (Å²) >= 11 is 1.85. The molecule has 3 heteroatoms. The molecule has 1 heterocycles. The third-order valence-electron chi connectivity index (χ3n) is 3.35. The molecule has 0 fully saturated rings. The van der Waals surface area contributed by atoms with Crippen molar-refractivity contribution in [2.75, 3.05) is 0 Å². The normalized spacial score (nSPS) is 11.0. The van der Waals surface area contributed by atoms with Crippen LogP contribution in [-0.2, 0) is 11.2 Å². The van der Waals surface area contributed by atoms with Crippen LogP contribution in [0.4, 0.5) is 0 Å². The zero-order valence-corrected chi connectivity index (χ0v) is 14.0. The van der Waals surface area contributed by atoms with Gasteiger partial charge in [0.15, 0.2) is 0 Å². The van der Waals surface area contributed by atoms with Crippen LogP contribution in [0.1, 0.15) is 38.0 Å². The predicted octanol–water partition coefficient (Wildman–Crippen LogP) is 5.63. The Morgan fingerprint density at radius 3 is 2.59 bits per heavy atom. The lowest BCUT2D eigenvalue weighted by Gasteiger charge is -2.02. The Morgan fingerprint density at radius 2 is 1.91 bits per heavy atom. The lowest BCUT2D eigenvalue weighted by Crippen LogP contribution is -2.03. The van der Waals surface area contributed by atoms with E-state index in [0.29, 0.717) is 5.75 Å². The summed E-state index contributed by atoms with van der Waals surface area (Å²) in [6.45, 7) is 4.02. The molecular formula is C19H22O2S. The number of carbonyl (C=O) groups is 1. The molecule has 22 heavy (non-hydrogen) atoms. The third-order valence-corrected chi connectivity index (χ3v) is 4.54. The molecule has 0 amide bonds. The van der Waals surface area contributed by atoms with Gasteiger partial charge in [-0.25, -0.2) is 4.79 Å². The zero-order valence-electron chi connectivity index (χ0n) is 13.2. The summed E-state index contributed by atoms with van der Waals surface area (Å²) in [5, 5.41) is 0. The topological polar surface area (TPSA) is 26.3 Å². The molecule has 0 bridgehead atoms. The Bertz CT molecular complexity index is 623. The predicted molar refractivity (Wildman–Crippen MR) is 93.4 cm³/mol. The van der Waals surface area contributed by atoms with Gasteiger partial charge in [-0.15, -0.1) is 11.3 Å². The van der Waals surface area contributed by atoms with Crippen molar-refractivity contribution in [1.82, 2.24) is 0 Å². The van der Waals surface area contributed by atoms with Gasteiger partial charge in [-0.1, -0.05) is 25.8 Å². The van der Waals surface area contributed by atoms with Crippen molar-refractivity contribution < 1.29 is 9.53 Å². The van der Waals surface area contributed by atoms with Crippen LogP contribution in [0.3, 0.4) is 0 Å². The van der Waals surface area contributed by atoms with Crippen LogP contribution in [0, 0.1) is 0 Å². The number of hydrogen-bond donors (Lipinski definition) is 0. The van der Waals surface area contributed by atoms with E-state index >= 15 is 0 Å². The van der Waals surface area contributed by atoms with Gasteiger partial charge in [0, 0.05) is 15.8 Å². The highest BCUT2D eigenvalue weighted by molar-refractivity contribution is 7.15. The number of unbranched alkanes of at least 4 members (excludes halogenated alkanes) is 2. The third kappa shape index (κ3) is 4.85. The largest absolute Gasteiger partial charge is 0.423 e. The van der Waals surface area contributed by atoms with E-state index < -0.39 is 0 Å². The number of hydrogen-bond acceptors (Lipinski definition) is 3. The van der Waals surface area contributed by atoms with E-state index in [1.54, 1.807) is 13.0 Å². The van der Waals surface area contributed by atoms with E-state index in [1.165, 1.54) is 35.1 Å². The molecule has 0 aliphatic rings. The molecule has 0 saturated heterocycles. The number of esters is 1. The van der Waals surface area contributed by atoms with Crippen molar-refractivity contribution in [3.8, 4) is 16.2 Å². The van der Waals surface area contributed by atoms with Crippen LogP contribution in [0.2, 0.25) is 0 Å². The fraction of sp³-hybridized carbons (Fsp3) is 0.316. The van der Waals surface area contributed by atoms with Crippen LogP contribution in [0.25, 0.3) is 10.4 Å². The highest BCUT2D eigenvalue weighted by atomic mass is 32.1. The summed E-state index contributed by atoms with van der Waals surface area (Å²) in [5.41, 5.74) is 1.16. The first-order valence-corrected chi connectivity index (χ1v) is 8.58. The summed E-state index contributed by atoms with van der Waals surface area (Å²) in [4.78, 5) is 14.1. The fourth-order valence-corrected chi connectivity index (χ4v) is 3.25. The monoisotopic (exact) mass is 314 g/mol. The van der Waals surface area contributed by atoms with Gasteiger partial charge in [-0.05, 0) is 61.7 Å². The van der Waals surface area contributed by atoms with Crippen LogP contribution < -0.4 is 4.74 Å². The number of benzene rings is 1. The van der Waals surface area contributed by atoms with Crippen LogP contribution in [-0.4, -0.2) is 5.97 Å². The SMILES string of the molecule is CC=CC(=O)Oc1ccc(-c2ccc(CCCCC)s2)cc1. The lowest BCUT2D eigenvalue weighted by molar-refractivity contribution is -0.129. The Morgan fingerprint density at radius 1 is 1.14 bits per heavy atom. The first kappa shape index (κ1) is 16.5. The highest BCUT2D eigenvalue weighted by Crippen LogP contribution is 2.30. The summed E-state index contributed by atoms with van der Waals surface area (Å²) in [6, 6.07) is 12.1. The molecule has 2 aromatic rings. The Labute approximate surface area is 136 Å². The molecule has 1 aromatic carbocycles. The molecule has 0 saturated carbocycles. The summed E-state index contributed by atoms with van der Waals surface area (Å²) in [5.74, 6) is 0.233. The maximum absolute atomic E-state index is 11.4. The van der Waals surface area contributed by atoms with E-state index in [1.807, 2.05) is 35.6 Å². The molecule has 0 N–H and O–H groups in total. The minimum atomic E-state index is -0.343. The van der Waals surface area contributed by atoms with E-state index in [0.717, 1.165) is 12.0 Å². The quantitative estimate of drug-likeness (QED) is 0.286. The molecule has 0 aliphatic carbocycles. The molecular weight excluding hydrogens is 292 g/mol. The number of allylic oxidation sites excluding steroid dienone is 1. The van der Waals surface area contributed by atoms with Crippen LogP contribution in [0.5, 0.6) is 5.75 Å². The Kier molecular flexibility index (Phi) is 6.41. The molecule has 0 aliphatic heterocycles. The second kappa shape index (κ2) is 8.54. The summed E-state index contributed by atoms with van der Waals surface area (Å²) in [7, 11) is 0. The highest BCUT2D eigenvalue weighted by Gasteiger charge is 2.05. The minimum absolute atomic E-state index is 0.343. The second-order valence-electron chi connectivity index (χ2n) is 5.17. The van der Waals surface area contributed by atoms with Gasteiger partial charge >= 0.3 is 5.97 Å². The molecule has 116 valence electrons. The average molecular weight is 314 g/mol. The molecule has 2 rings (SSSR count). The van der Waals surface area contributed by atoms with E-state index in [9.17, 15) is 4.79 Å².